The van der Waals surface area contributed by atoms with Crippen LogP contribution in [-0.2, 0) is 9.53 Å². The van der Waals surface area contributed by atoms with Crippen LogP contribution in [0.3, 0.4) is 0 Å². The van der Waals surface area contributed by atoms with Crippen LogP contribution in [0.5, 0.6) is 0 Å². The quantitative estimate of drug-likeness (QED) is 0.820. The predicted octanol–water partition coefficient (Wildman–Crippen LogP) is 2.86. The lowest BCUT2D eigenvalue weighted by Crippen LogP contribution is -2.16. The summed E-state index contributed by atoms with van der Waals surface area (Å²) in [4.78, 5) is 11.9. The minimum absolute atomic E-state index is 0.0249. The molecule has 2 atom stereocenters. The highest BCUT2D eigenvalue weighted by Gasteiger charge is 2.22. The van der Waals surface area contributed by atoms with E-state index in [2.05, 4.69) is 12.2 Å². The van der Waals surface area contributed by atoms with E-state index in [1.165, 1.54) is 0 Å². The van der Waals surface area contributed by atoms with Gasteiger partial charge in [0.2, 0.25) is 5.91 Å². The van der Waals surface area contributed by atoms with E-state index in [1.54, 1.807) is 6.07 Å². The Morgan fingerprint density at radius 3 is 2.95 bits per heavy atom. The molecule has 19 heavy (non-hydrogen) atoms. The molecule has 1 fully saturated rings. The number of nitrogens with one attached hydrogen (secondary N) is 1. The molecule has 1 aromatic carbocycles. The monoisotopic (exact) mass is 262 g/mol. The summed E-state index contributed by atoms with van der Waals surface area (Å²) in [6.45, 7) is 4.03. The topological polar surface area (TPSA) is 64.3 Å². The number of nitrogens with two attached hydrogens (primary N) is 1. The van der Waals surface area contributed by atoms with Gasteiger partial charge in [0.15, 0.2) is 0 Å². The Bertz CT molecular complexity index is 459. The van der Waals surface area contributed by atoms with Crippen molar-refractivity contribution in [2.45, 2.75) is 51.7 Å². The second kappa shape index (κ2) is 6.06. The van der Waals surface area contributed by atoms with E-state index in [9.17, 15) is 4.79 Å². The summed E-state index contributed by atoms with van der Waals surface area (Å²) >= 11 is 0. The molecule has 1 amide bonds. The lowest BCUT2D eigenvalue weighted by molar-refractivity contribution is -0.116. The number of amides is 1. The molecule has 2 unspecified atom stereocenters. The maximum absolute atomic E-state index is 11.9. The van der Waals surface area contributed by atoms with Gasteiger partial charge in [0, 0.05) is 17.8 Å². The largest absolute Gasteiger partial charge is 0.399 e. The number of rotatable bonds is 4. The second-order valence-corrected chi connectivity index (χ2v) is 5.31. The summed E-state index contributed by atoms with van der Waals surface area (Å²) in [5.41, 5.74) is 8.20. The van der Waals surface area contributed by atoms with Gasteiger partial charge in [0.05, 0.1) is 12.2 Å². The van der Waals surface area contributed by atoms with Crippen molar-refractivity contribution in [1.82, 2.24) is 0 Å². The zero-order chi connectivity index (χ0) is 13.8. The Hall–Kier alpha value is -1.55. The third-order valence-electron chi connectivity index (χ3n) is 3.55. The zero-order valence-corrected chi connectivity index (χ0v) is 11.6. The van der Waals surface area contributed by atoms with E-state index < -0.39 is 0 Å². The number of ether oxygens (including phenoxy) is 1. The van der Waals surface area contributed by atoms with Crippen molar-refractivity contribution in [3.05, 3.63) is 23.8 Å². The Kier molecular flexibility index (Phi) is 4.43. The summed E-state index contributed by atoms with van der Waals surface area (Å²) in [5, 5.41) is 2.91. The average Bonchev–Trinajstić information content (AvgIpc) is 2.77. The molecule has 0 aliphatic carbocycles. The van der Waals surface area contributed by atoms with Crippen molar-refractivity contribution >= 4 is 17.3 Å². The third kappa shape index (κ3) is 3.96. The van der Waals surface area contributed by atoms with Crippen molar-refractivity contribution in [3.63, 3.8) is 0 Å². The van der Waals surface area contributed by atoms with Crippen LogP contribution in [0.25, 0.3) is 0 Å². The molecule has 0 radical (unpaired) electrons. The smallest absolute Gasteiger partial charge is 0.224 e. The van der Waals surface area contributed by atoms with Crippen LogP contribution in [0, 0.1) is 6.92 Å². The molecule has 3 N–H and O–H groups in total. The molecular weight excluding hydrogens is 240 g/mol. The number of aryl methyl sites for hydroxylation is 1. The molecule has 2 rings (SSSR count). The molecule has 0 spiro atoms. The summed E-state index contributed by atoms with van der Waals surface area (Å²) in [5.74, 6) is 0.0249. The molecule has 1 aliphatic heterocycles. The molecule has 1 saturated heterocycles. The van der Waals surface area contributed by atoms with Gasteiger partial charge in [0.25, 0.3) is 0 Å². The highest BCUT2D eigenvalue weighted by Crippen LogP contribution is 2.23. The number of anilines is 2. The number of benzene rings is 1. The summed E-state index contributed by atoms with van der Waals surface area (Å²) in [7, 11) is 0. The molecule has 104 valence electrons. The molecule has 4 heteroatoms. The predicted molar refractivity (Wildman–Crippen MR) is 77.0 cm³/mol. The van der Waals surface area contributed by atoms with Gasteiger partial charge in [-0.3, -0.25) is 4.79 Å². The molecule has 4 nitrogen and oxygen atoms in total. The molecule has 0 bridgehead atoms. The lowest BCUT2D eigenvalue weighted by Gasteiger charge is -2.12. The molecule has 0 aromatic heterocycles. The van der Waals surface area contributed by atoms with E-state index >= 15 is 0 Å². The summed E-state index contributed by atoms with van der Waals surface area (Å²) in [6, 6.07) is 5.53. The first kappa shape index (κ1) is 13.9. The van der Waals surface area contributed by atoms with Crippen LogP contribution in [0.4, 0.5) is 11.4 Å². The van der Waals surface area contributed by atoms with E-state index in [0.29, 0.717) is 18.2 Å². The fourth-order valence-electron chi connectivity index (χ4n) is 2.38. The Balaban J connectivity index is 1.82. The first-order valence-corrected chi connectivity index (χ1v) is 6.86. The highest BCUT2D eigenvalue weighted by molar-refractivity contribution is 5.92. The first-order valence-electron chi connectivity index (χ1n) is 6.86. The summed E-state index contributed by atoms with van der Waals surface area (Å²) < 4.78 is 5.70. The van der Waals surface area contributed by atoms with E-state index in [4.69, 9.17) is 10.5 Å². The van der Waals surface area contributed by atoms with Gasteiger partial charge in [-0.15, -0.1) is 0 Å². The van der Waals surface area contributed by atoms with Gasteiger partial charge in [-0.1, -0.05) is 6.07 Å². The van der Waals surface area contributed by atoms with Crippen LogP contribution in [0.2, 0.25) is 0 Å². The first-order chi connectivity index (χ1) is 9.04. The molecular formula is C15H22N2O2. The van der Waals surface area contributed by atoms with Gasteiger partial charge >= 0.3 is 0 Å². The molecule has 1 aliphatic rings. The van der Waals surface area contributed by atoms with Crippen LogP contribution >= 0.6 is 0 Å². The minimum Gasteiger partial charge on any atom is -0.399 e. The van der Waals surface area contributed by atoms with Crippen molar-refractivity contribution < 1.29 is 9.53 Å². The Labute approximate surface area is 114 Å². The van der Waals surface area contributed by atoms with Crippen LogP contribution < -0.4 is 11.1 Å². The molecule has 1 heterocycles. The number of carbonyl (C=O) groups is 1. The fraction of sp³-hybridized carbons (Fsp3) is 0.533. The molecule has 0 saturated carbocycles. The van der Waals surface area contributed by atoms with Crippen LogP contribution in [0.15, 0.2) is 18.2 Å². The normalized spacial score (nSPS) is 22.4. The Morgan fingerprint density at radius 2 is 2.26 bits per heavy atom. The zero-order valence-electron chi connectivity index (χ0n) is 11.6. The number of hydrogen-bond acceptors (Lipinski definition) is 3. The third-order valence-corrected chi connectivity index (χ3v) is 3.55. The van der Waals surface area contributed by atoms with E-state index in [-0.39, 0.29) is 12.0 Å². The SMILES string of the molecule is Cc1ccc(N)cc1NC(=O)CCC1CCC(C)O1. The van der Waals surface area contributed by atoms with Gasteiger partial charge in [0.1, 0.15) is 0 Å². The standard InChI is InChI=1S/C15H22N2O2/c1-10-3-5-12(16)9-14(10)17-15(18)8-7-13-6-4-11(2)19-13/h3,5,9,11,13H,4,6-8,16H2,1-2H3,(H,17,18). The van der Waals surface area contributed by atoms with E-state index in [1.807, 2.05) is 19.1 Å². The maximum atomic E-state index is 11.9. The van der Waals surface area contributed by atoms with Crippen molar-refractivity contribution in [1.29, 1.82) is 0 Å². The summed E-state index contributed by atoms with van der Waals surface area (Å²) in [6.07, 6.45) is 4.02. The van der Waals surface area contributed by atoms with Crippen LogP contribution in [-0.4, -0.2) is 18.1 Å². The highest BCUT2D eigenvalue weighted by atomic mass is 16.5. The number of nitrogen functional groups attached to an aromatic ring is 1. The second-order valence-electron chi connectivity index (χ2n) is 5.31. The molecule has 1 aromatic rings. The van der Waals surface area contributed by atoms with Gasteiger partial charge in [-0.05, 0) is 50.8 Å². The van der Waals surface area contributed by atoms with Crippen LogP contribution in [0.1, 0.15) is 38.2 Å². The lowest BCUT2D eigenvalue weighted by atomic mass is 10.1. The average molecular weight is 262 g/mol. The van der Waals surface area contributed by atoms with Crippen molar-refractivity contribution in [2.24, 2.45) is 0 Å². The minimum atomic E-state index is 0.0249. The fourth-order valence-corrected chi connectivity index (χ4v) is 2.38. The number of hydrogen-bond donors (Lipinski definition) is 2. The van der Waals surface area contributed by atoms with Gasteiger partial charge < -0.3 is 15.8 Å². The van der Waals surface area contributed by atoms with E-state index in [0.717, 1.165) is 30.5 Å². The van der Waals surface area contributed by atoms with Gasteiger partial charge in [-0.25, -0.2) is 0 Å². The van der Waals surface area contributed by atoms with Gasteiger partial charge in [-0.2, -0.15) is 0 Å². The Morgan fingerprint density at radius 1 is 1.47 bits per heavy atom. The maximum Gasteiger partial charge on any atom is 0.224 e. The van der Waals surface area contributed by atoms with Crippen molar-refractivity contribution in [2.75, 3.05) is 11.1 Å². The van der Waals surface area contributed by atoms with Crippen molar-refractivity contribution in [3.8, 4) is 0 Å². The number of carbonyl (C=O) groups excluding carboxylic acids is 1.